The van der Waals surface area contributed by atoms with E-state index in [-0.39, 0.29) is 0 Å². The quantitative estimate of drug-likeness (QED) is 0.886. The fraction of sp³-hybridized carbons (Fsp3) is 0.625. The van der Waals surface area contributed by atoms with Gasteiger partial charge in [-0.2, -0.15) is 0 Å². The fourth-order valence-corrected chi connectivity index (χ4v) is 3.05. The third-order valence-corrected chi connectivity index (χ3v) is 4.19. The van der Waals surface area contributed by atoms with Gasteiger partial charge in [-0.3, -0.25) is 0 Å². The number of benzene rings is 1. The molecule has 1 aliphatic heterocycles. The second-order valence-corrected chi connectivity index (χ2v) is 5.62. The van der Waals surface area contributed by atoms with Gasteiger partial charge in [-0.05, 0) is 62.5 Å². The Labute approximate surface area is 116 Å². The Bertz CT molecular complexity index is 425. The van der Waals surface area contributed by atoms with Crippen molar-refractivity contribution >= 4 is 0 Å². The third kappa shape index (κ3) is 3.28. The van der Waals surface area contributed by atoms with Crippen LogP contribution in [0.5, 0.6) is 5.75 Å². The van der Waals surface area contributed by atoms with Crippen molar-refractivity contribution in [1.29, 1.82) is 0 Å². The average molecular weight is 262 g/mol. The second kappa shape index (κ2) is 6.40. The first kappa shape index (κ1) is 14.4. The first-order valence-corrected chi connectivity index (χ1v) is 7.23. The highest BCUT2D eigenvalue weighted by Crippen LogP contribution is 2.28. The minimum absolute atomic E-state index is 0.433. The fourth-order valence-electron chi connectivity index (χ4n) is 3.05. The highest BCUT2D eigenvalue weighted by molar-refractivity contribution is 5.43. The second-order valence-electron chi connectivity index (χ2n) is 5.62. The van der Waals surface area contributed by atoms with E-state index < -0.39 is 0 Å². The van der Waals surface area contributed by atoms with Gasteiger partial charge in [0.2, 0.25) is 0 Å². The Morgan fingerprint density at radius 3 is 2.47 bits per heavy atom. The minimum atomic E-state index is 0.433. The summed E-state index contributed by atoms with van der Waals surface area (Å²) in [6.07, 6.45) is 2.66. The molecular weight excluding hydrogens is 236 g/mol. The van der Waals surface area contributed by atoms with Gasteiger partial charge in [-0.15, -0.1) is 0 Å². The molecular formula is C16H26N2O. The molecule has 19 heavy (non-hydrogen) atoms. The van der Waals surface area contributed by atoms with Crippen molar-refractivity contribution in [2.45, 2.75) is 32.6 Å². The summed E-state index contributed by atoms with van der Waals surface area (Å²) in [6, 6.07) is 4.39. The standard InChI is InChI=1S/C16H26N2O/c1-12-9-16(19-3)13(2)8-15(12)14(10-17)11-18-6-4-5-7-18/h8-9,14H,4-7,10-11,17H2,1-3H3. The summed E-state index contributed by atoms with van der Waals surface area (Å²) >= 11 is 0. The Balaban J connectivity index is 2.19. The number of rotatable bonds is 5. The monoisotopic (exact) mass is 262 g/mol. The molecule has 1 aromatic carbocycles. The van der Waals surface area contributed by atoms with Crippen LogP contribution in [0.25, 0.3) is 0 Å². The molecule has 0 amide bonds. The van der Waals surface area contributed by atoms with Gasteiger partial charge >= 0.3 is 0 Å². The van der Waals surface area contributed by atoms with Crippen LogP contribution in [0.3, 0.4) is 0 Å². The number of hydrogen-bond donors (Lipinski definition) is 1. The lowest BCUT2D eigenvalue weighted by molar-refractivity contribution is 0.315. The molecule has 0 saturated carbocycles. The summed E-state index contributed by atoms with van der Waals surface area (Å²) in [5.74, 6) is 1.40. The molecule has 1 atom stereocenters. The van der Waals surface area contributed by atoms with E-state index in [2.05, 4.69) is 30.9 Å². The van der Waals surface area contributed by atoms with Crippen LogP contribution in [0.4, 0.5) is 0 Å². The summed E-state index contributed by atoms with van der Waals surface area (Å²) in [6.45, 7) is 8.51. The molecule has 1 saturated heterocycles. The summed E-state index contributed by atoms with van der Waals surface area (Å²) in [5.41, 5.74) is 9.88. The summed E-state index contributed by atoms with van der Waals surface area (Å²) in [5, 5.41) is 0. The zero-order chi connectivity index (χ0) is 13.8. The van der Waals surface area contributed by atoms with Crippen LogP contribution < -0.4 is 10.5 Å². The van der Waals surface area contributed by atoms with Crippen LogP contribution in [-0.2, 0) is 0 Å². The predicted molar refractivity (Wildman–Crippen MR) is 79.9 cm³/mol. The van der Waals surface area contributed by atoms with Crippen molar-refractivity contribution in [2.75, 3.05) is 33.3 Å². The zero-order valence-corrected chi connectivity index (χ0v) is 12.4. The molecule has 2 N–H and O–H groups in total. The number of hydrogen-bond acceptors (Lipinski definition) is 3. The number of nitrogens with zero attached hydrogens (tertiary/aromatic N) is 1. The first-order valence-electron chi connectivity index (χ1n) is 7.23. The molecule has 1 aliphatic rings. The van der Waals surface area contributed by atoms with Crippen LogP contribution in [0.15, 0.2) is 12.1 Å². The van der Waals surface area contributed by atoms with Gasteiger partial charge in [0, 0.05) is 19.0 Å². The van der Waals surface area contributed by atoms with Gasteiger partial charge < -0.3 is 15.4 Å². The van der Waals surface area contributed by atoms with Crippen molar-refractivity contribution in [3.63, 3.8) is 0 Å². The molecule has 3 nitrogen and oxygen atoms in total. The van der Waals surface area contributed by atoms with Crippen molar-refractivity contribution in [3.8, 4) is 5.75 Å². The molecule has 0 radical (unpaired) electrons. The molecule has 0 spiro atoms. The lowest BCUT2D eigenvalue weighted by Crippen LogP contribution is -2.30. The summed E-state index contributed by atoms with van der Waals surface area (Å²) in [4.78, 5) is 2.54. The van der Waals surface area contributed by atoms with Crippen LogP contribution in [0, 0.1) is 13.8 Å². The van der Waals surface area contributed by atoms with Crippen molar-refractivity contribution in [2.24, 2.45) is 5.73 Å². The summed E-state index contributed by atoms with van der Waals surface area (Å²) in [7, 11) is 1.73. The maximum Gasteiger partial charge on any atom is 0.122 e. The zero-order valence-electron chi connectivity index (χ0n) is 12.4. The molecule has 106 valence electrons. The molecule has 1 fully saturated rings. The molecule has 0 bridgehead atoms. The molecule has 2 rings (SSSR count). The average Bonchev–Trinajstić information content (AvgIpc) is 2.91. The molecule has 1 heterocycles. The predicted octanol–water partition coefficient (Wildman–Crippen LogP) is 2.45. The van der Waals surface area contributed by atoms with Crippen LogP contribution in [0.2, 0.25) is 0 Å². The van der Waals surface area contributed by atoms with E-state index in [1.165, 1.54) is 42.6 Å². The van der Waals surface area contributed by atoms with Crippen molar-refractivity contribution in [1.82, 2.24) is 4.90 Å². The van der Waals surface area contributed by atoms with Gasteiger partial charge in [0.1, 0.15) is 5.75 Å². The SMILES string of the molecule is COc1cc(C)c(C(CN)CN2CCCC2)cc1C. The van der Waals surface area contributed by atoms with E-state index in [0.717, 1.165) is 12.3 Å². The third-order valence-electron chi connectivity index (χ3n) is 4.19. The Kier molecular flexibility index (Phi) is 4.83. The maximum absolute atomic E-state index is 6.01. The van der Waals surface area contributed by atoms with E-state index >= 15 is 0 Å². The topological polar surface area (TPSA) is 38.5 Å². The minimum Gasteiger partial charge on any atom is -0.496 e. The summed E-state index contributed by atoms with van der Waals surface area (Å²) < 4.78 is 5.39. The van der Waals surface area contributed by atoms with E-state index in [9.17, 15) is 0 Å². The first-order chi connectivity index (χ1) is 9.15. The van der Waals surface area contributed by atoms with Crippen LogP contribution in [-0.4, -0.2) is 38.2 Å². The Morgan fingerprint density at radius 1 is 1.21 bits per heavy atom. The molecule has 0 aromatic heterocycles. The van der Waals surface area contributed by atoms with Crippen LogP contribution >= 0.6 is 0 Å². The van der Waals surface area contributed by atoms with Gasteiger partial charge in [-0.25, -0.2) is 0 Å². The van der Waals surface area contributed by atoms with E-state index in [1.807, 2.05) is 0 Å². The Morgan fingerprint density at radius 2 is 1.89 bits per heavy atom. The van der Waals surface area contributed by atoms with E-state index in [1.54, 1.807) is 7.11 Å². The maximum atomic E-state index is 6.01. The number of nitrogens with two attached hydrogens (primary N) is 1. The molecule has 1 aromatic rings. The van der Waals surface area contributed by atoms with Gasteiger partial charge in [0.05, 0.1) is 7.11 Å². The van der Waals surface area contributed by atoms with E-state index in [0.29, 0.717) is 12.5 Å². The van der Waals surface area contributed by atoms with Gasteiger partial charge in [0.15, 0.2) is 0 Å². The van der Waals surface area contributed by atoms with E-state index in [4.69, 9.17) is 10.5 Å². The number of ether oxygens (including phenoxy) is 1. The molecule has 1 unspecified atom stereocenters. The van der Waals surface area contributed by atoms with Gasteiger partial charge in [0.25, 0.3) is 0 Å². The number of methoxy groups -OCH3 is 1. The Hall–Kier alpha value is -1.06. The highest BCUT2D eigenvalue weighted by Gasteiger charge is 2.20. The molecule has 3 heteroatoms. The normalized spacial score (nSPS) is 17.7. The van der Waals surface area contributed by atoms with Crippen molar-refractivity contribution < 1.29 is 4.74 Å². The highest BCUT2D eigenvalue weighted by atomic mass is 16.5. The lowest BCUT2D eigenvalue weighted by Gasteiger charge is -2.24. The number of likely N-dealkylation sites (tertiary alicyclic amines) is 1. The largest absolute Gasteiger partial charge is 0.496 e. The number of aryl methyl sites for hydroxylation is 2. The lowest BCUT2D eigenvalue weighted by atomic mass is 9.92. The van der Waals surface area contributed by atoms with Gasteiger partial charge in [-0.1, -0.05) is 6.07 Å². The smallest absolute Gasteiger partial charge is 0.122 e. The molecule has 0 aliphatic carbocycles. The van der Waals surface area contributed by atoms with Crippen molar-refractivity contribution in [3.05, 3.63) is 28.8 Å². The van der Waals surface area contributed by atoms with Crippen LogP contribution in [0.1, 0.15) is 35.4 Å².